The highest BCUT2D eigenvalue weighted by atomic mass is 16.3. The summed E-state index contributed by atoms with van der Waals surface area (Å²) in [6.45, 7) is 0.745. The Balaban J connectivity index is 1.66. The summed E-state index contributed by atoms with van der Waals surface area (Å²) < 4.78 is 0. The van der Waals surface area contributed by atoms with Crippen LogP contribution >= 0.6 is 0 Å². The minimum Gasteiger partial charge on any atom is -0.508 e. The number of phenols is 2. The number of pyridine rings is 1. The van der Waals surface area contributed by atoms with Gasteiger partial charge in [0, 0.05) is 24.5 Å². The van der Waals surface area contributed by atoms with E-state index in [4.69, 9.17) is 0 Å². The van der Waals surface area contributed by atoms with E-state index in [1.807, 2.05) is 30.3 Å². The van der Waals surface area contributed by atoms with E-state index < -0.39 is 0 Å². The number of benzene rings is 2. The molecule has 0 fully saturated rings. The van der Waals surface area contributed by atoms with Crippen LogP contribution in [0, 0.1) is 0 Å². The lowest BCUT2D eigenvalue weighted by molar-refractivity contribution is 0.474. The van der Waals surface area contributed by atoms with Crippen molar-refractivity contribution >= 4 is 5.69 Å². The van der Waals surface area contributed by atoms with Crippen LogP contribution in [0.3, 0.4) is 0 Å². The fourth-order valence-electron chi connectivity index (χ4n) is 2.44. The Hall–Kier alpha value is -3.01. The molecule has 3 rings (SSSR count). The summed E-state index contributed by atoms with van der Waals surface area (Å²) in [5.41, 5.74) is 3.87. The Labute approximate surface area is 135 Å². The van der Waals surface area contributed by atoms with E-state index >= 15 is 0 Å². The molecule has 1 aromatic heterocycles. The fraction of sp³-hybridized carbons (Fsp3) is 0.105. The normalized spacial score (nSPS) is 10.4. The number of hydrogen-bond donors (Lipinski definition) is 3. The predicted octanol–water partition coefficient (Wildman–Crippen LogP) is 3.81. The predicted molar refractivity (Wildman–Crippen MR) is 91.6 cm³/mol. The third-order valence-corrected chi connectivity index (χ3v) is 3.57. The van der Waals surface area contributed by atoms with Crippen molar-refractivity contribution in [2.75, 3.05) is 11.9 Å². The molecule has 3 aromatic rings. The number of aromatic hydroxyl groups is 2. The van der Waals surface area contributed by atoms with Crippen LogP contribution in [0.5, 0.6) is 11.5 Å². The fourth-order valence-corrected chi connectivity index (χ4v) is 2.44. The maximum Gasteiger partial charge on any atom is 0.116 e. The Bertz CT molecular complexity index is 803. The molecule has 0 unspecified atom stereocenters. The molecule has 0 aliphatic carbocycles. The summed E-state index contributed by atoms with van der Waals surface area (Å²) >= 11 is 0. The molecule has 0 saturated heterocycles. The molecule has 0 spiro atoms. The molecule has 0 aliphatic rings. The maximum absolute atomic E-state index is 9.58. The molecule has 3 N–H and O–H groups in total. The number of nitrogens with one attached hydrogen (secondary N) is 1. The molecule has 4 nitrogen and oxygen atoms in total. The molecule has 1 heterocycles. The number of rotatable bonds is 5. The van der Waals surface area contributed by atoms with Gasteiger partial charge in [0.25, 0.3) is 0 Å². The van der Waals surface area contributed by atoms with E-state index in [2.05, 4.69) is 10.3 Å². The lowest BCUT2D eigenvalue weighted by Gasteiger charge is -2.09. The van der Waals surface area contributed by atoms with Crippen molar-refractivity contribution in [1.82, 2.24) is 4.98 Å². The summed E-state index contributed by atoms with van der Waals surface area (Å²) in [6, 6.07) is 16.4. The molecule has 23 heavy (non-hydrogen) atoms. The van der Waals surface area contributed by atoms with Crippen molar-refractivity contribution in [3.05, 3.63) is 72.6 Å². The number of hydrogen-bond acceptors (Lipinski definition) is 4. The van der Waals surface area contributed by atoms with Crippen LogP contribution in [0.4, 0.5) is 5.69 Å². The van der Waals surface area contributed by atoms with Crippen molar-refractivity contribution < 1.29 is 10.2 Å². The van der Waals surface area contributed by atoms with Gasteiger partial charge in [-0.3, -0.25) is 4.98 Å². The van der Waals surface area contributed by atoms with Gasteiger partial charge in [-0.2, -0.15) is 0 Å². The van der Waals surface area contributed by atoms with Gasteiger partial charge in [0.2, 0.25) is 0 Å². The molecular formula is C19H18N2O2. The largest absolute Gasteiger partial charge is 0.508 e. The minimum atomic E-state index is 0.241. The molecule has 0 radical (unpaired) electrons. The topological polar surface area (TPSA) is 65.4 Å². The highest BCUT2D eigenvalue weighted by Crippen LogP contribution is 2.24. The van der Waals surface area contributed by atoms with Gasteiger partial charge >= 0.3 is 0 Å². The van der Waals surface area contributed by atoms with Crippen LogP contribution in [0.25, 0.3) is 11.1 Å². The van der Waals surface area contributed by atoms with Gasteiger partial charge in [-0.1, -0.05) is 24.3 Å². The standard InChI is InChI=1S/C19H18N2O2/c22-18-5-1-3-14(9-18)7-8-21-17-10-16(12-20-13-17)15-4-2-6-19(23)11-15/h1-6,9-13,21-23H,7-8H2. The number of phenolic OH excluding ortho intramolecular Hbond substituents is 2. The van der Waals surface area contributed by atoms with Gasteiger partial charge in [0.15, 0.2) is 0 Å². The Morgan fingerprint density at radius 2 is 1.61 bits per heavy atom. The second-order valence-electron chi connectivity index (χ2n) is 5.36. The summed E-state index contributed by atoms with van der Waals surface area (Å²) in [4.78, 5) is 4.25. The van der Waals surface area contributed by atoms with Crippen LogP contribution in [0.1, 0.15) is 5.56 Å². The molecule has 0 atom stereocenters. The zero-order chi connectivity index (χ0) is 16.1. The van der Waals surface area contributed by atoms with Gasteiger partial charge < -0.3 is 15.5 Å². The van der Waals surface area contributed by atoms with Crippen LogP contribution in [-0.4, -0.2) is 21.7 Å². The van der Waals surface area contributed by atoms with E-state index in [1.54, 1.807) is 36.7 Å². The monoisotopic (exact) mass is 306 g/mol. The summed E-state index contributed by atoms with van der Waals surface area (Å²) in [5.74, 6) is 0.528. The molecule has 2 aromatic carbocycles. The van der Waals surface area contributed by atoms with E-state index in [1.165, 1.54) is 0 Å². The van der Waals surface area contributed by atoms with E-state index in [9.17, 15) is 10.2 Å². The quantitative estimate of drug-likeness (QED) is 0.670. The number of anilines is 1. The number of nitrogens with zero attached hydrogens (tertiary/aromatic N) is 1. The van der Waals surface area contributed by atoms with Crippen LogP contribution in [0.15, 0.2) is 67.0 Å². The molecule has 0 saturated carbocycles. The van der Waals surface area contributed by atoms with Gasteiger partial charge in [0.05, 0.1) is 5.69 Å². The van der Waals surface area contributed by atoms with Crippen LogP contribution < -0.4 is 5.32 Å². The van der Waals surface area contributed by atoms with Gasteiger partial charge in [-0.15, -0.1) is 0 Å². The van der Waals surface area contributed by atoms with Gasteiger partial charge in [-0.05, 0) is 47.9 Å². The Morgan fingerprint density at radius 3 is 2.39 bits per heavy atom. The molecule has 116 valence electrons. The molecule has 0 amide bonds. The van der Waals surface area contributed by atoms with E-state index in [0.717, 1.165) is 35.3 Å². The lowest BCUT2D eigenvalue weighted by Crippen LogP contribution is -2.05. The van der Waals surface area contributed by atoms with Crippen molar-refractivity contribution in [2.45, 2.75) is 6.42 Å². The third kappa shape index (κ3) is 4.01. The first-order valence-electron chi connectivity index (χ1n) is 7.47. The third-order valence-electron chi connectivity index (χ3n) is 3.57. The zero-order valence-electron chi connectivity index (χ0n) is 12.6. The van der Waals surface area contributed by atoms with Crippen molar-refractivity contribution in [2.24, 2.45) is 0 Å². The van der Waals surface area contributed by atoms with Crippen molar-refractivity contribution in [3.8, 4) is 22.6 Å². The first-order chi connectivity index (χ1) is 11.2. The second kappa shape index (κ2) is 6.83. The van der Waals surface area contributed by atoms with E-state index in [-0.39, 0.29) is 11.5 Å². The smallest absolute Gasteiger partial charge is 0.116 e. The zero-order valence-corrected chi connectivity index (χ0v) is 12.6. The van der Waals surface area contributed by atoms with E-state index in [0.29, 0.717) is 0 Å². The minimum absolute atomic E-state index is 0.241. The first kappa shape index (κ1) is 14.9. The van der Waals surface area contributed by atoms with Gasteiger partial charge in [0.1, 0.15) is 11.5 Å². The molecule has 0 aliphatic heterocycles. The number of aromatic nitrogens is 1. The maximum atomic E-state index is 9.58. The van der Waals surface area contributed by atoms with Crippen LogP contribution in [-0.2, 0) is 6.42 Å². The molecule has 0 bridgehead atoms. The van der Waals surface area contributed by atoms with Crippen molar-refractivity contribution in [3.63, 3.8) is 0 Å². The average molecular weight is 306 g/mol. The summed E-state index contributed by atoms with van der Waals surface area (Å²) in [5, 5.41) is 22.4. The average Bonchev–Trinajstić information content (AvgIpc) is 2.55. The van der Waals surface area contributed by atoms with Crippen LogP contribution in [0.2, 0.25) is 0 Å². The Morgan fingerprint density at radius 1 is 0.826 bits per heavy atom. The second-order valence-corrected chi connectivity index (χ2v) is 5.36. The highest BCUT2D eigenvalue weighted by Gasteiger charge is 2.02. The first-order valence-corrected chi connectivity index (χ1v) is 7.47. The molecular weight excluding hydrogens is 288 g/mol. The molecule has 4 heteroatoms. The SMILES string of the molecule is Oc1cccc(CCNc2cncc(-c3cccc(O)c3)c2)c1. The summed E-state index contributed by atoms with van der Waals surface area (Å²) in [6.07, 6.45) is 4.36. The lowest BCUT2D eigenvalue weighted by atomic mass is 10.1. The van der Waals surface area contributed by atoms with Crippen molar-refractivity contribution in [1.29, 1.82) is 0 Å². The Kier molecular flexibility index (Phi) is 4.43. The highest BCUT2D eigenvalue weighted by molar-refractivity contribution is 5.67. The summed E-state index contributed by atoms with van der Waals surface area (Å²) in [7, 11) is 0. The van der Waals surface area contributed by atoms with Gasteiger partial charge in [-0.25, -0.2) is 0 Å².